The normalized spacial score (nSPS) is 19.3. The van der Waals surface area contributed by atoms with E-state index in [1.54, 1.807) is 37.2 Å². The molecule has 3 aliphatic heterocycles. The Balaban J connectivity index is 1.02. The monoisotopic (exact) mass is 814 g/mol. The first-order valence-electron chi connectivity index (χ1n) is 19.5. The molecule has 5 aromatic rings. The van der Waals surface area contributed by atoms with Gasteiger partial charge in [0.15, 0.2) is 11.6 Å². The van der Waals surface area contributed by atoms with Crippen LogP contribution < -0.4 is 15.9 Å². The summed E-state index contributed by atoms with van der Waals surface area (Å²) in [6.45, 7) is 5.39. The molecule has 3 aromatic carbocycles. The molecule has 1 unspecified atom stereocenters. The Labute approximate surface area is 338 Å². The van der Waals surface area contributed by atoms with E-state index in [-0.39, 0.29) is 47.3 Å². The summed E-state index contributed by atoms with van der Waals surface area (Å²) in [6, 6.07) is 11.7. The van der Waals surface area contributed by atoms with Gasteiger partial charge in [-0.05, 0) is 60.7 Å². The van der Waals surface area contributed by atoms with E-state index in [2.05, 4.69) is 20.1 Å². The number of hydrogen-bond acceptors (Lipinski definition) is 7. The van der Waals surface area contributed by atoms with Crippen LogP contribution in [0, 0.1) is 11.6 Å². The minimum Gasteiger partial charge on any atom is -0.369 e. The highest BCUT2D eigenvalue weighted by Crippen LogP contribution is 2.42. The van der Waals surface area contributed by atoms with E-state index in [1.807, 2.05) is 24.3 Å². The number of fused-ring (bicyclic) bond motifs is 2. The standard InChI is InChI=1S/C42H45ClF2N8O5/c1-23(54)52-13-5-6-24(22-52)28-19-29(30-20-32(41(57)48(2)3)46-38(30)37(28)45)27-9-8-26(18-31(27)43)51-16-14-50(15-17-51)21-25-7-10-33-39(36(25)44)49(4)42(58)53(33)34-11-12-35(55)47-40(34)56/h7-10,18-20,24,34,46H,5-6,11-17,21-22H2,1-4H3,(H,47,55,56)/t24-,34?/m1/s1. The lowest BCUT2D eigenvalue weighted by Crippen LogP contribution is -2.46. The Morgan fingerprint density at radius 1 is 0.931 bits per heavy atom. The van der Waals surface area contributed by atoms with E-state index in [4.69, 9.17) is 11.6 Å². The molecule has 8 rings (SSSR count). The minimum absolute atomic E-state index is 0.0503. The Bertz CT molecular complexity index is 2570. The molecule has 2 atom stereocenters. The van der Waals surface area contributed by atoms with Gasteiger partial charge >= 0.3 is 5.69 Å². The lowest BCUT2D eigenvalue weighted by molar-refractivity contribution is -0.135. The molecule has 2 N–H and O–H groups in total. The number of piperazine rings is 1. The van der Waals surface area contributed by atoms with Crippen molar-refractivity contribution in [3.63, 3.8) is 0 Å². The third-order valence-corrected chi connectivity index (χ3v) is 12.3. The van der Waals surface area contributed by atoms with E-state index in [0.717, 1.165) is 12.1 Å². The second-order valence-corrected chi connectivity index (χ2v) is 16.2. The maximum Gasteiger partial charge on any atom is 0.329 e. The molecule has 58 heavy (non-hydrogen) atoms. The number of halogens is 3. The number of aromatic amines is 1. The van der Waals surface area contributed by atoms with Crippen LogP contribution in [-0.2, 0) is 28.0 Å². The molecule has 304 valence electrons. The number of carbonyl (C=O) groups excluding carboxylic acids is 4. The number of H-pyrrole nitrogens is 1. The molecule has 0 bridgehead atoms. The average Bonchev–Trinajstić information content (AvgIpc) is 3.76. The fraction of sp³-hybridized carbons (Fsp3) is 0.405. The Hall–Kier alpha value is -5.54. The van der Waals surface area contributed by atoms with Crippen molar-refractivity contribution >= 4 is 62.9 Å². The molecular weight excluding hydrogens is 770 g/mol. The van der Waals surface area contributed by atoms with Gasteiger partial charge in [0.25, 0.3) is 5.91 Å². The molecule has 3 saturated heterocycles. The first-order chi connectivity index (χ1) is 27.7. The number of imidazole rings is 1. The number of nitrogens with zero attached hydrogens (tertiary/aromatic N) is 6. The molecule has 0 spiro atoms. The summed E-state index contributed by atoms with van der Waals surface area (Å²) in [4.78, 5) is 73.3. The largest absolute Gasteiger partial charge is 0.369 e. The molecule has 0 aliphatic carbocycles. The first-order valence-corrected chi connectivity index (χ1v) is 19.9. The summed E-state index contributed by atoms with van der Waals surface area (Å²) in [5.41, 5.74) is 3.54. The van der Waals surface area contributed by atoms with Crippen LogP contribution in [0.1, 0.15) is 66.2 Å². The Morgan fingerprint density at radius 3 is 2.38 bits per heavy atom. The highest BCUT2D eigenvalue weighted by molar-refractivity contribution is 6.34. The number of anilines is 1. The van der Waals surface area contributed by atoms with Crippen molar-refractivity contribution in [1.82, 2.24) is 34.1 Å². The van der Waals surface area contributed by atoms with Gasteiger partial charge in [-0.3, -0.25) is 38.5 Å². The van der Waals surface area contributed by atoms with Gasteiger partial charge in [0.2, 0.25) is 17.7 Å². The van der Waals surface area contributed by atoms with Gasteiger partial charge in [-0.1, -0.05) is 23.7 Å². The highest BCUT2D eigenvalue weighted by Gasteiger charge is 2.33. The van der Waals surface area contributed by atoms with Crippen molar-refractivity contribution in [3.05, 3.63) is 86.4 Å². The van der Waals surface area contributed by atoms with Crippen molar-refractivity contribution in [2.24, 2.45) is 7.05 Å². The number of aryl methyl sites for hydroxylation is 1. The summed E-state index contributed by atoms with van der Waals surface area (Å²) in [5.74, 6) is -2.50. The third kappa shape index (κ3) is 6.93. The molecule has 5 heterocycles. The number of likely N-dealkylation sites (tertiary alicyclic amines) is 1. The quantitative estimate of drug-likeness (QED) is 0.217. The van der Waals surface area contributed by atoms with Crippen LogP contribution in [0.3, 0.4) is 0 Å². The minimum atomic E-state index is -0.897. The fourth-order valence-electron chi connectivity index (χ4n) is 8.82. The van der Waals surface area contributed by atoms with Gasteiger partial charge in [-0.2, -0.15) is 0 Å². The summed E-state index contributed by atoms with van der Waals surface area (Å²) in [7, 11) is 4.75. The number of nitrogens with one attached hydrogen (secondary N) is 2. The van der Waals surface area contributed by atoms with Crippen LogP contribution in [-0.4, -0.2) is 106 Å². The number of carbonyl (C=O) groups is 4. The van der Waals surface area contributed by atoms with Crippen molar-refractivity contribution < 1.29 is 28.0 Å². The van der Waals surface area contributed by atoms with Gasteiger partial charge in [-0.15, -0.1) is 0 Å². The molecule has 3 fully saturated rings. The van der Waals surface area contributed by atoms with E-state index in [9.17, 15) is 24.0 Å². The van der Waals surface area contributed by atoms with Crippen LogP contribution in [0.2, 0.25) is 5.02 Å². The van der Waals surface area contributed by atoms with E-state index >= 15 is 8.78 Å². The zero-order valence-corrected chi connectivity index (χ0v) is 33.6. The molecule has 3 aliphatic rings. The van der Waals surface area contributed by atoms with Crippen molar-refractivity contribution in [1.29, 1.82) is 0 Å². The van der Waals surface area contributed by atoms with Gasteiger partial charge < -0.3 is 19.7 Å². The zero-order chi connectivity index (χ0) is 41.2. The number of benzene rings is 3. The molecular formula is C42H45ClF2N8O5. The SMILES string of the molecule is CC(=O)N1CCC[C@@H](c2cc(-c3ccc(N4CCN(Cc5ccc6c(c5F)n(C)c(=O)n6C5CCC(=O)NC5=O)CC4)cc3Cl)c3cc(C(=O)N(C)C)[nH]c3c2F)C1. The lowest BCUT2D eigenvalue weighted by atomic mass is 9.87. The second kappa shape index (κ2) is 15.3. The third-order valence-electron chi connectivity index (χ3n) is 12.0. The molecule has 0 saturated carbocycles. The Morgan fingerprint density at radius 2 is 1.69 bits per heavy atom. The predicted octanol–water partition coefficient (Wildman–Crippen LogP) is 5.15. The molecule has 4 amide bonds. The van der Waals surface area contributed by atoms with Gasteiger partial charge in [-0.25, -0.2) is 13.6 Å². The Kier molecular flexibility index (Phi) is 10.4. The summed E-state index contributed by atoms with van der Waals surface area (Å²) < 4.78 is 35.0. The van der Waals surface area contributed by atoms with Gasteiger partial charge in [0, 0.05) is 108 Å². The molecule has 0 radical (unpaired) electrons. The summed E-state index contributed by atoms with van der Waals surface area (Å²) in [5, 5.41) is 3.27. The van der Waals surface area contributed by atoms with Gasteiger partial charge in [0.05, 0.1) is 16.1 Å². The van der Waals surface area contributed by atoms with Crippen molar-refractivity contribution in [3.8, 4) is 11.1 Å². The van der Waals surface area contributed by atoms with Crippen LogP contribution in [0.25, 0.3) is 33.1 Å². The van der Waals surface area contributed by atoms with E-state index in [0.29, 0.717) is 90.4 Å². The summed E-state index contributed by atoms with van der Waals surface area (Å²) in [6.07, 6.45) is 1.73. The molecule has 16 heteroatoms. The fourth-order valence-corrected chi connectivity index (χ4v) is 9.10. The van der Waals surface area contributed by atoms with Crippen molar-refractivity contribution in [2.75, 3.05) is 58.3 Å². The maximum absolute atomic E-state index is 16.4. The molecule has 2 aromatic heterocycles. The van der Waals surface area contributed by atoms with Gasteiger partial charge in [0.1, 0.15) is 17.3 Å². The second-order valence-electron chi connectivity index (χ2n) is 15.8. The van der Waals surface area contributed by atoms with Crippen LogP contribution in [0.4, 0.5) is 14.5 Å². The number of rotatable bonds is 7. The highest BCUT2D eigenvalue weighted by atomic mass is 35.5. The van der Waals surface area contributed by atoms with Crippen LogP contribution in [0.5, 0.6) is 0 Å². The zero-order valence-electron chi connectivity index (χ0n) is 32.8. The number of piperidine rings is 2. The van der Waals surface area contributed by atoms with Crippen LogP contribution in [0.15, 0.2) is 47.3 Å². The topological polar surface area (TPSA) is 136 Å². The van der Waals surface area contributed by atoms with E-state index in [1.165, 1.54) is 28.0 Å². The lowest BCUT2D eigenvalue weighted by Gasteiger charge is -2.36. The van der Waals surface area contributed by atoms with Crippen LogP contribution >= 0.6 is 11.6 Å². The van der Waals surface area contributed by atoms with Crippen molar-refractivity contribution in [2.45, 2.75) is 51.1 Å². The number of aromatic nitrogens is 3. The predicted molar refractivity (Wildman–Crippen MR) is 217 cm³/mol. The maximum atomic E-state index is 16.4. The van der Waals surface area contributed by atoms with E-state index < -0.39 is 35.2 Å². The molecule has 13 nitrogen and oxygen atoms in total. The smallest absolute Gasteiger partial charge is 0.329 e. The number of imide groups is 1. The number of amides is 4. The number of hydrogen-bond donors (Lipinski definition) is 2. The first kappa shape index (κ1) is 39.3. The average molecular weight is 815 g/mol. The summed E-state index contributed by atoms with van der Waals surface area (Å²) >= 11 is 7.06.